The molecule has 0 saturated carbocycles. The Kier molecular flexibility index (Phi) is 1.85. The lowest BCUT2D eigenvalue weighted by molar-refractivity contribution is -0.136. The molecule has 2 aromatic rings. The summed E-state index contributed by atoms with van der Waals surface area (Å²) >= 11 is 0. The number of nitrogens with zero attached hydrogens (tertiary/aromatic N) is 1. The Morgan fingerprint density at radius 3 is 3.07 bits per heavy atom. The number of carboxylic acid groups (broad SMARTS) is 1. The standard InChI is InChI=1S/C9H9N3O2/c10-6-3-8-7(11-4-12-8)1-5(6)2-9(13)14/h1,3-4H,2,10H2,(H,11,12)(H,13,14). The minimum Gasteiger partial charge on any atom is -0.481 e. The fraction of sp³-hybridized carbons (Fsp3) is 0.111. The number of imidazole rings is 1. The first-order valence-electron chi connectivity index (χ1n) is 4.10. The number of rotatable bonds is 2. The van der Waals surface area contributed by atoms with Gasteiger partial charge in [-0.3, -0.25) is 4.79 Å². The van der Waals surface area contributed by atoms with Gasteiger partial charge in [0.25, 0.3) is 0 Å². The van der Waals surface area contributed by atoms with Gasteiger partial charge in [-0.1, -0.05) is 0 Å². The highest BCUT2D eigenvalue weighted by Gasteiger charge is 2.07. The Morgan fingerprint density at radius 2 is 2.36 bits per heavy atom. The topological polar surface area (TPSA) is 92.0 Å². The van der Waals surface area contributed by atoms with Gasteiger partial charge in [0.15, 0.2) is 0 Å². The van der Waals surface area contributed by atoms with Crippen LogP contribution in [0.1, 0.15) is 5.56 Å². The Labute approximate surface area is 79.6 Å². The maximum absolute atomic E-state index is 10.5. The van der Waals surface area contributed by atoms with Gasteiger partial charge in [-0.2, -0.15) is 0 Å². The third-order valence-corrected chi connectivity index (χ3v) is 2.02. The van der Waals surface area contributed by atoms with Crippen LogP contribution in [0.5, 0.6) is 0 Å². The number of H-pyrrole nitrogens is 1. The summed E-state index contributed by atoms with van der Waals surface area (Å²) in [6, 6.07) is 3.38. The van der Waals surface area contributed by atoms with Crippen LogP contribution < -0.4 is 5.73 Å². The van der Waals surface area contributed by atoms with Gasteiger partial charge in [0.2, 0.25) is 0 Å². The van der Waals surface area contributed by atoms with Crippen molar-refractivity contribution in [2.45, 2.75) is 6.42 Å². The van der Waals surface area contributed by atoms with Gasteiger partial charge >= 0.3 is 5.97 Å². The number of aromatic amines is 1. The summed E-state index contributed by atoms with van der Waals surface area (Å²) in [5, 5.41) is 8.63. The molecule has 0 spiro atoms. The van der Waals surface area contributed by atoms with E-state index < -0.39 is 5.97 Å². The molecule has 0 atom stereocenters. The van der Waals surface area contributed by atoms with Crippen molar-refractivity contribution in [2.24, 2.45) is 0 Å². The average Bonchev–Trinajstić information content (AvgIpc) is 2.51. The number of hydrogen-bond acceptors (Lipinski definition) is 3. The van der Waals surface area contributed by atoms with Crippen LogP contribution in [0.3, 0.4) is 0 Å². The second kappa shape index (κ2) is 3.02. The van der Waals surface area contributed by atoms with E-state index >= 15 is 0 Å². The Balaban J connectivity index is 2.53. The van der Waals surface area contributed by atoms with E-state index in [4.69, 9.17) is 10.8 Å². The fourth-order valence-corrected chi connectivity index (χ4v) is 1.36. The van der Waals surface area contributed by atoms with Crippen molar-refractivity contribution in [1.29, 1.82) is 0 Å². The quantitative estimate of drug-likeness (QED) is 0.611. The number of fused-ring (bicyclic) bond motifs is 1. The zero-order chi connectivity index (χ0) is 10.1. The summed E-state index contributed by atoms with van der Waals surface area (Å²) in [7, 11) is 0. The van der Waals surface area contributed by atoms with E-state index in [9.17, 15) is 4.79 Å². The number of hydrogen-bond donors (Lipinski definition) is 3. The van der Waals surface area contributed by atoms with Crippen LogP contribution in [0.4, 0.5) is 5.69 Å². The van der Waals surface area contributed by atoms with E-state index in [0.717, 1.165) is 11.0 Å². The number of nitrogen functional groups attached to an aromatic ring is 1. The largest absolute Gasteiger partial charge is 0.481 e. The summed E-state index contributed by atoms with van der Waals surface area (Å²) < 4.78 is 0. The number of benzene rings is 1. The van der Waals surface area contributed by atoms with E-state index in [1.54, 1.807) is 18.5 Å². The molecule has 72 valence electrons. The van der Waals surface area contributed by atoms with E-state index in [1.165, 1.54) is 0 Å². The normalized spacial score (nSPS) is 10.6. The van der Waals surface area contributed by atoms with Crippen molar-refractivity contribution >= 4 is 22.7 Å². The van der Waals surface area contributed by atoms with Gasteiger partial charge in [-0.05, 0) is 17.7 Å². The van der Waals surface area contributed by atoms with Crippen LogP contribution in [0.15, 0.2) is 18.5 Å². The first kappa shape index (κ1) is 8.55. The molecule has 1 heterocycles. The van der Waals surface area contributed by atoms with Crippen LogP contribution in [0.25, 0.3) is 11.0 Å². The number of carboxylic acids is 1. The Morgan fingerprint density at radius 1 is 1.57 bits per heavy atom. The van der Waals surface area contributed by atoms with Crippen LogP contribution >= 0.6 is 0 Å². The molecule has 0 aliphatic rings. The van der Waals surface area contributed by atoms with E-state index in [-0.39, 0.29) is 6.42 Å². The lowest BCUT2D eigenvalue weighted by Crippen LogP contribution is -2.03. The highest BCUT2D eigenvalue weighted by atomic mass is 16.4. The molecule has 0 saturated heterocycles. The summed E-state index contributed by atoms with van der Waals surface area (Å²) in [4.78, 5) is 17.4. The van der Waals surface area contributed by atoms with Crippen LogP contribution in [-0.4, -0.2) is 21.0 Å². The molecule has 4 N–H and O–H groups in total. The molecule has 5 nitrogen and oxygen atoms in total. The molecule has 0 bridgehead atoms. The number of aliphatic carboxylic acids is 1. The minimum atomic E-state index is -0.893. The zero-order valence-electron chi connectivity index (χ0n) is 7.32. The highest BCUT2D eigenvalue weighted by molar-refractivity contribution is 5.83. The van der Waals surface area contributed by atoms with Gasteiger partial charge in [0.05, 0.1) is 23.8 Å². The molecule has 2 rings (SSSR count). The second-order valence-corrected chi connectivity index (χ2v) is 3.04. The number of nitrogens with two attached hydrogens (primary N) is 1. The first-order valence-corrected chi connectivity index (χ1v) is 4.10. The maximum atomic E-state index is 10.5. The van der Waals surface area contributed by atoms with E-state index in [1.807, 2.05) is 0 Å². The predicted octanol–water partition coefficient (Wildman–Crippen LogP) is 0.772. The van der Waals surface area contributed by atoms with Crippen LogP contribution in [-0.2, 0) is 11.2 Å². The number of anilines is 1. The van der Waals surface area contributed by atoms with Gasteiger partial charge in [-0.15, -0.1) is 0 Å². The lowest BCUT2D eigenvalue weighted by atomic mass is 10.1. The third kappa shape index (κ3) is 1.39. The molecule has 0 aliphatic carbocycles. The summed E-state index contributed by atoms with van der Waals surface area (Å²) in [6.07, 6.45) is 1.48. The smallest absolute Gasteiger partial charge is 0.307 e. The third-order valence-electron chi connectivity index (χ3n) is 2.02. The van der Waals surface area contributed by atoms with Crippen molar-refractivity contribution in [3.8, 4) is 0 Å². The molecular weight excluding hydrogens is 182 g/mol. The Hall–Kier alpha value is -2.04. The monoisotopic (exact) mass is 191 g/mol. The van der Waals surface area contributed by atoms with E-state index in [2.05, 4.69) is 9.97 Å². The van der Waals surface area contributed by atoms with Crippen LogP contribution in [0, 0.1) is 0 Å². The Bertz CT molecular complexity index is 490. The molecule has 0 amide bonds. The molecular formula is C9H9N3O2. The van der Waals surface area contributed by atoms with Gasteiger partial charge in [0.1, 0.15) is 0 Å². The molecule has 1 aromatic carbocycles. The van der Waals surface area contributed by atoms with Crippen LogP contribution in [0.2, 0.25) is 0 Å². The molecule has 0 unspecified atom stereocenters. The van der Waals surface area contributed by atoms with Gasteiger partial charge < -0.3 is 15.8 Å². The van der Waals surface area contributed by atoms with Crippen molar-refractivity contribution in [3.05, 3.63) is 24.0 Å². The van der Waals surface area contributed by atoms with Crippen molar-refractivity contribution in [2.75, 3.05) is 5.73 Å². The fourth-order valence-electron chi connectivity index (χ4n) is 1.36. The van der Waals surface area contributed by atoms with Crippen molar-refractivity contribution in [1.82, 2.24) is 9.97 Å². The number of nitrogens with one attached hydrogen (secondary N) is 1. The zero-order valence-corrected chi connectivity index (χ0v) is 7.32. The lowest BCUT2D eigenvalue weighted by Gasteiger charge is -2.02. The molecule has 1 aromatic heterocycles. The first-order chi connectivity index (χ1) is 6.66. The van der Waals surface area contributed by atoms with Crippen molar-refractivity contribution < 1.29 is 9.90 Å². The van der Waals surface area contributed by atoms with Gasteiger partial charge in [-0.25, -0.2) is 4.98 Å². The SMILES string of the molecule is Nc1cc2nc[nH]c2cc1CC(=O)O. The molecule has 0 radical (unpaired) electrons. The summed E-state index contributed by atoms with van der Waals surface area (Å²) in [5.74, 6) is -0.893. The maximum Gasteiger partial charge on any atom is 0.307 e. The van der Waals surface area contributed by atoms with Gasteiger partial charge in [0, 0.05) is 5.69 Å². The molecule has 14 heavy (non-hydrogen) atoms. The second-order valence-electron chi connectivity index (χ2n) is 3.04. The average molecular weight is 191 g/mol. The van der Waals surface area contributed by atoms with E-state index in [0.29, 0.717) is 11.3 Å². The predicted molar refractivity (Wildman–Crippen MR) is 51.8 cm³/mol. The molecule has 0 fully saturated rings. The molecule has 0 aliphatic heterocycles. The summed E-state index contributed by atoms with van der Waals surface area (Å²) in [6.45, 7) is 0. The van der Waals surface area contributed by atoms with Crippen molar-refractivity contribution in [3.63, 3.8) is 0 Å². The number of carbonyl (C=O) groups is 1. The summed E-state index contributed by atoms with van der Waals surface area (Å²) in [5.41, 5.74) is 8.30. The molecule has 5 heteroatoms. The minimum absolute atomic E-state index is 0.0687. The highest BCUT2D eigenvalue weighted by Crippen LogP contribution is 2.19. The number of aromatic nitrogens is 2.